The lowest BCUT2D eigenvalue weighted by atomic mass is 10.1. The van der Waals surface area contributed by atoms with Gasteiger partial charge in [-0.2, -0.15) is 0 Å². The Hall–Kier alpha value is -4.30. The molecule has 5 aromatic rings. The van der Waals surface area contributed by atoms with Crippen LogP contribution in [0.2, 0.25) is 0 Å². The van der Waals surface area contributed by atoms with Gasteiger partial charge in [0.25, 0.3) is 0 Å². The normalized spacial score (nSPS) is 10.2. The van der Waals surface area contributed by atoms with Gasteiger partial charge in [0.1, 0.15) is 36.2 Å². The molecule has 6 heteroatoms. The Kier molecular flexibility index (Phi) is 11.7. The summed E-state index contributed by atoms with van der Waals surface area (Å²) in [4.78, 5) is 0. The Balaban J connectivity index is 1.10. The Bertz CT molecular complexity index is 1660. The van der Waals surface area contributed by atoms with Crippen LogP contribution in [0, 0.1) is 23.7 Å². The molecule has 0 bridgehead atoms. The van der Waals surface area contributed by atoms with Crippen molar-refractivity contribution in [3.8, 4) is 46.7 Å². The Morgan fingerprint density at radius 3 is 1.30 bits per heavy atom. The van der Waals surface area contributed by atoms with Crippen molar-refractivity contribution in [1.82, 2.24) is 0 Å². The fourth-order valence-corrected chi connectivity index (χ4v) is 5.10. The number of para-hydroxylation sites is 4. The maximum atomic E-state index is 5.98. The number of hydrogen-bond acceptors (Lipinski definition) is 4. The molecule has 0 heterocycles. The Morgan fingerprint density at radius 1 is 0.477 bits per heavy atom. The molecule has 0 aliphatic heterocycles. The Labute approximate surface area is 275 Å². The van der Waals surface area contributed by atoms with Crippen molar-refractivity contribution in [1.29, 1.82) is 0 Å². The van der Waals surface area contributed by atoms with E-state index in [0.29, 0.717) is 24.7 Å². The molecule has 0 aliphatic rings. The fourth-order valence-electron chi connectivity index (χ4n) is 4.09. The zero-order chi connectivity index (χ0) is 30.4. The summed E-state index contributed by atoms with van der Waals surface area (Å²) in [6, 6.07) is 38.8. The predicted octanol–water partition coefficient (Wildman–Crippen LogP) is 9.93. The first-order valence-electron chi connectivity index (χ1n) is 13.9. The van der Waals surface area contributed by atoms with E-state index >= 15 is 0 Å². The quantitative estimate of drug-likeness (QED) is 0.107. The third-order valence-corrected chi connectivity index (χ3v) is 7.72. The molecule has 0 saturated carbocycles. The molecule has 4 nitrogen and oxygen atoms in total. The van der Waals surface area contributed by atoms with E-state index in [4.69, 9.17) is 18.9 Å². The van der Waals surface area contributed by atoms with Crippen molar-refractivity contribution in [3.05, 3.63) is 153 Å². The molecule has 0 radical (unpaired) electrons. The molecule has 218 valence electrons. The molecule has 0 N–H and O–H groups in total. The number of benzene rings is 5. The van der Waals surface area contributed by atoms with Gasteiger partial charge in [0.2, 0.25) is 0 Å². The highest BCUT2D eigenvalue weighted by atomic mass is 79.9. The molecule has 0 unspecified atom stereocenters. The maximum absolute atomic E-state index is 5.98. The zero-order valence-corrected chi connectivity index (χ0v) is 26.9. The van der Waals surface area contributed by atoms with Crippen LogP contribution in [0.4, 0.5) is 0 Å². The van der Waals surface area contributed by atoms with Crippen LogP contribution in [-0.2, 0) is 22.7 Å². The summed E-state index contributed by atoms with van der Waals surface area (Å²) in [7, 11) is 0. The van der Waals surface area contributed by atoms with E-state index in [1.807, 2.05) is 121 Å². The largest absolute Gasteiger partial charge is 0.456 e. The fraction of sp³-hybridized carbons (Fsp3) is 0.105. The highest BCUT2D eigenvalue weighted by Crippen LogP contribution is 2.28. The van der Waals surface area contributed by atoms with Crippen LogP contribution in [0.1, 0.15) is 22.3 Å². The summed E-state index contributed by atoms with van der Waals surface area (Å²) in [5.41, 5.74) is 3.63. The lowest BCUT2D eigenvalue weighted by Crippen LogP contribution is -1.99. The summed E-state index contributed by atoms with van der Waals surface area (Å²) in [6.07, 6.45) is 0. The standard InChI is InChI=1S/C38H28Br2O4/c39-35-26-32(28-42-24-12-16-30-14-8-10-22-38(30)44-34-19-5-2-6-20-34)36(40)25-31(35)27-41-23-11-15-29-13-7-9-21-37(29)43-33-17-3-1-4-18-33/h1-10,13-14,17-22,25-26H,23-24,27-28H2. The van der Waals surface area contributed by atoms with Gasteiger partial charge in [0.15, 0.2) is 0 Å². The van der Waals surface area contributed by atoms with Crippen LogP contribution in [0.5, 0.6) is 23.0 Å². The lowest BCUT2D eigenvalue weighted by molar-refractivity contribution is 0.150. The van der Waals surface area contributed by atoms with Crippen molar-refractivity contribution >= 4 is 31.9 Å². The second kappa shape index (κ2) is 16.5. The van der Waals surface area contributed by atoms with E-state index < -0.39 is 0 Å². The minimum absolute atomic E-state index is 0.285. The smallest absolute Gasteiger partial charge is 0.143 e. The van der Waals surface area contributed by atoms with E-state index in [0.717, 1.165) is 42.7 Å². The summed E-state index contributed by atoms with van der Waals surface area (Å²) in [5.74, 6) is 15.5. The average molecular weight is 708 g/mol. The van der Waals surface area contributed by atoms with E-state index in [9.17, 15) is 0 Å². The average Bonchev–Trinajstić information content (AvgIpc) is 3.05. The molecule has 0 aliphatic carbocycles. The monoisotopic (exact) mass is 706 g/mol. The number of rotatable bonds is 10. The van der Waals surface area contributed by atoms with Crippen LogP contribution < -0.4 is 9.47 Å². The zero-order valence-electron chi connectivity index (χ0n) is 23.8. The second-order valence-electron chi connectivity index (χ2n) is 9.45. The molecule has 0 spiro atoms. The molecular formula is C38H28Br2O4. The van der Waals surface area contributed by atoms with Gasteiger partial charge in [-0.3, -0.25) is 0 Å². The molecule has 0 amide bonds. The van der Waals surface area contributed by atoms with Gasteiger partial charge in [-0.1, -0.05) is 116 Å². The van der Waals surface area contributed by atoms with Crippen molar-refractivity contribution in [2.45, 2.75) is 13.2 Å². The number of hydrogen-bond donors (Lipinski definition) is 0. The molecule has 0 aromatic heterocycles. The predicted molar refractivity (Wildman–Crippen MR) is 181 cm³/mol. The van der Waals surface area contributed by atoms with Crippen LogP contribution in [0.3, 0.4) is 0 Å². The van der Waals surface area contributed by atoms with Gasteiger partial charge in [0.05, 0.1) is 24.3 Å². The summed E-state index contributed by atoms with van der Waals surface area (Å²) >= 11 is 7.33. The van der Waals surface area contributed by atoms with Crippen LogP contribution in [-0.4, -0.2) is 13.2 Å². The summed E-state index contributed by atoms with van der Waals surface area (Å²) in [5, 5.41) is 0. The topological polar surface area (TPSA) is 36.9 Å². The maximum Gasteiger partial charge on any atom is 0.143 e. The highest BCUT2D eigenvalue weighted by molar-refractivity contribution is 9.11. The van der Waals surface area contributed by atoms with E-state index in [1.165, 1.54) is 0 Å². The third-order valence-electron chi connectivity index (χ3n) is 6.24. The van der Waals surface area contributed by atoms with Gasteiger partial charge in [-0.25, -0.2) is 0 Å². The molecule has 5 aromatic carbocycles. The molecule has 5 rings (SSSR count). The van der Waals surface area contributed by atoms with Gasteiger partial charge >= 0.3 is 0 Å². The third kappa shape index (κ3) is 9.35. The van der Waals surface area contributed by atoms with Crippen molar-refractivity contribution in [2.24, 2.45) is 0 Å². The molecule has 0 fully saturated rings. The molecule has 0 atom stereocenters. The number of halogens is 2. The summed E-state index contributed by atoms with van der Waals surface area (Å²) in [6.45, 7) is 1.39. The lowest BCUT2D eigenvalue weighted by Gasteiger charge is -2.10. The number of ether oxygens (including phenoxy) is 4. The van der Waals surface area contributed by atoms with Gasteiger partial charge in [-0.15, -0.1) is 0 Å². The molecular weight excluding hydrogens is 680 g/mol. The minimum Gasteiger partial charge on any atom is -0.456 e. The van der Waals surface area contributed by atoms with E-state index in [1.54, 1.807) is 0 Å². The van der Waals surface area contributed by atoms with Crippen LogP contribution in [0.25, 0.3) is 0 Å². The van der Waals surface area contributed by atoms with Gasteiger partial charge in [-0.05, 0) is 71.8 Å². The van der Waals surface area contributed by atoms with Gasteiger partial charge < -0.3 is 18.9 Å². The SMILES string of the molecule is Brc1cc(COCC#Cc2ccccc2Oc2ccccc2)c(Br)cc1COCC#Cc1ccccc1Oc1ccccc1. The first-order chi connectivity index (χ1) is 21.7. The van der Waals surface area contributed by atoms with E-state index in [2.05, 4.69) is 55.5 Å². The van der Waals surface area contributed by atoms with Crippen LogP contribution >= 0.6 is 31.9 Å². The van der Waals surface area contributed by atoms with Crippen molar-refractivity contribution in [2.75, 3.05) is 13.2 Å². The van der Waals surface area contributed by atoms with Crippen LogP contribution in [0.15, 0.2) is 130 Å². The van der Waals surface area contributed by atoms with Gasteiger partial charge in [0, 0.05) is 8.95 Å². The highest BCUT2D eigenvalue weighted by Gasteiger charge is 2.08. The summed E-state index contributed by atoms with van der Waals surface area (Å²) < 4.78 is 25.5. The molecule has 0 saturated heterocycles. The first kappa shape index (κ1) is 31.1. The Morgan fingerprint density at radius 2 is 0.864 bits per heavy atom. The second-order valence-corrected chi connectivity index (χ2v) is 11.2. The van der Waals surface area contributed by atoms with E-state index in [-0.39, 0.29) is 13.2 Å². The first-order valence-corrected chi connectivity index (χ1v) is 15.5. The van der Waals surface area contributed by atoms with Crippen molar-refractivity contribution in [3.63, 3.8) is 0 Å². The molecule has 44 heavy (non-hydrogen) atoms. The van der Waals surface area contributed by atoms with Crippen molar-refractivity contribution < 1.29 is 18.9 Å². The minimum atomic E-state index is 0.285.